The fraction of sp³-hybridized carbons (Fsp3) is 0.474. The lowest BCUT2D eigenvalue weighted by Gasteiger charge is -2.32. The van der Waals surface area contributed by atoms with E-state index < -0.39 is 0 Å². The molecule has 1 aromatic carbocycles. The number of amides is 1. The molecule has 0 aliphatic carbocycles. The van der Waals surface area contributed by atoms with E-state index in [1.807, 2.05) is 41.8 Å². The molecule has 1 aromatic heterocycles. The molecule has 0 radical (unpaired) electrons. The summed E-state index contributed by atoms with van der Waals surface area (Å²) in [6, 6.07) is 8.11. The molecule has 1 N–H and O–H groups in total. The van der Waals surface area contributed by atoms with Gasteiger partial charge in [0.25, 0.3) is 5.91 Å². The van der Waals surface area contributed by atoms with Gasteiger partial charge in [0, 0.05) is 13.1 Å². The van der Waals surface area contributed by atoms with Crippen LogP contribution in [0.3, 0.4) is 0 Å². The zero-order valence-electron chi connectivity index (χ0n) is 15.2. The smallest absolute Gasteiger partial charge is 0.257 e. The van der Waals surface area contributed by atoms with E-state index in [1.54, 1.807) is 6.20 Å². The molecular weight excluding hydrogens is 336 g/mol. The second-order valence-electron chi connectivity index (χ2n) is 6.66. The fourth-order valence-corrected chi connectivity index (χ4v) is 3.54. The summed E-state index contributed by atoms with van der Waals surface area (Å²) >= 11 is 0. The third-order valence-electron chi connectivity index (χ3n) is 4.88. The third kappa shape index (κ3) is 4.05. The van der Waals surface area contributed by atoms with Gasteiger partial charge in [0.05, 0.1) is 23.1 Å². The topological polar surface area (TPSA) is 50.2 Å². The number of nitrogens with zero attached hydrogens (tertiary/aromatic N) is 3. The Labute approximate surface area is 155 Å². The lowest BCUT2D eigenvalue weighted by molar-refractivity contribution is 0.0673. The normalized spacial score (nSPS) is 17.2. The van der Waals surface area contributed by atoms with Gasteiger partial charge in [-0.2, -0.15) is 5.10 Å². The van der Waals surface area contributed by atoms with Crippen molar-refractivity contribution >= 4 is 18.3 Å². The lowest BCUT2D eigenvalue weighted by atomic mass is 9.97. The van der Waals surface area contributed by atoms with E-state index >= 15 is 0 Å². The molecule has 1 aliphatic heterocycles. The highest BCUT2D eigenvalue weighted by Gasteiger charge is 2.26. The van der Waals surface area contributed by atoms with Gasteiger partial charge in [-0.25, -0.2) is 4.68 Å². The van der Waals surface area contributed by atoms with Crippen LogP contribution in [-0.2, 0) is 0 Å². The summed E-state index contributed by atoms with van der Waals surface area (Å²) in [5, 5.41) is 7.70. The summed E-state index contributed by atoms with van der Waals surface area (Å²) in [7, 11) is 1.97. The molecule has 0 spiro atoms. The van der Waals surface area contributed by atoms with Gasteiger partial charge in [0.2, 0.25) is 0 Å². The van der Waals surface area contributed by atoms with E-state index in [2.05, 4.69) is 23.4 Å². The average molecular weight is 363 g/mol. The van der Waals surface area contributed by atoms with Gasteiger partial charge in [-0.05, 0) is 57.8 Å². The maximum absolute atomic E-state index is 13.0. The Morgan fingerprint density at radius 2 is 2.08 bits per heavy atom. The van der Waals surface area contributed by atoms with E-state index in [1.165, 1.54) is 6.42 Å². The summed E-state index contributed by atoms with van der Waals surface area (Å²) in [6.07, 6.45) is 3.97. The number of aromatic nitrogens is 2. The first-order valence-corrected chi connectivity index (χ1v) is 8.66. The van der Waals surface area contributed by atoms with E-state index in [4.69, 9.17) is 0 Å². The van der Waals surface area contributed by atoms with Gasteiger partial charge in [-0.3, -0.25) is 4.79 Å². The van der Waals surface area contributed by atoms with E-state index in [-0.39, 0.29) is 18.3 Å². The first kappa shape index (κ1) is 19.5. The number of aryl methyl sites for hydroxylation is 1. The number of halogens is 1. The van der Waals surface area contributed by atoms with Crippen molar-refractivity contribution in [3.63, 3.8) is 0 Å². The van der Waals surface area contributed by atoms with E-state index in [0.717, 1.165) is 43.0 Å². The maximum atomic E-state index is 13.0. The molecule has 0 bridgehead atoms. The molecule has 1 fully saturated rings. The number of carbonyl (C=O) groups is 1. The summed E-state index contributed by atoms with van der Waals surface area (Å²) in [6.45, 7) is 6.67. The predicted octanol–water partition coefficient (Wildman–Crippen LogP) is 2.98. The van der Waals surface area contributed by atoms with Crippen molar-refractivity contribution in [2.45, 2.75) is 26.7 Å². The molecule has 6 heteroatoms. The van der Waals surface area contributed by atoms with E-state index in [9.17, 15) is 4.79 Å². The molecule has 25 heavy (non-hydrogen) atoms. The number of hydrogen-bond donors (Lipinski definition) is 1. The highest BCUT2D eigenvalue weighted by molar-refractivity contribution is 5.95. The Kier molecular flexibility index (Phi) is 6.62. The Hall–Kier alpha value is -1.85. The molecular formula is C19H27ClN4O. The van der Waals surface area contributed by atoms with E-state index in [0.29, 0.717) is 11.5 Å². The number of hydrogen-bond acceptors (Lipinski definition) is 3. The Morgan fingerprint density at radius 3 is 2.80 bits per heavy atom. The Morgan fingerprint density at radius 1 is 1.32 bits per heavy atom. The van der Waals surface area contributed by atoms with Crippen LogP contribution < -0.4 is 5.32 Å². The SMILES string of the molecule is CNCC1CCCN(C(=O)c2cnn(-c3ccccc3C)c2C)C1.Cl. The van der Waals surface area contributed by atoms with Crippen molar-refractivity contribution in [2.24, 2.45) is 5.92 Å². The Bertz CT molecular complexity index is 726. The fourth-order valence-electron chi connectivity index (χ4n) is 3.54. The first-order valence-electron chi connectivity index (χ1n) is 8.66. The Balaban J connectivity index is 0.00000225. The number of piperidine rings is 1. The zero-order valence-corrected chi connectivity index (χ0v) is 16.0. The standard InChI is InChI=1S/C19H26N4O.ClH/c1-14-7-4-5-9-18(14)23-15(2)17(12-21-23)19(24)22-10-6-8-16(13-22)11-20-3;/h4-5,7,9,12,16,20H,6,8,10-11,13H2,1-3H3;1H. The highest BCUT2D eigenvalue weighted by atomic mass is 35.5. The quantitative estimate of drug-likeness (QED) is 0.909. The van der Waals surface area contributed by atoms with Crippen LogP contribution >= 0.6 is 12.4 Å². The number of para-hydroxylation sites is 1. The van der Waals surface area contributed by atoms with Gasteiger partial charge in [-0.1, -0.05) is 18.2 Å². The van der Waals surface area contributed by atoms with Crippen molar-refractivity contribution in [3.8, 4) is 5.69 Å². The summed E-state index contributed by atoms with van der Waals surface area (Å²) in [5.41, 5.74) is 3.80. The van der Waals surface area contributed by atoms with Crippen LogP contribution in [0, 0.1) is 19.8 Å². The first-order chi connectivity index (χ1) is 11.6. The molecule has 1 saturated heterocycles. The molecule has 1 aliphatic rings. The molecule has 136 valence electrons. The van der Waals surface area contributed by atoms with Crippen molar-refractivity contribution in [3.05, 3.63) is 47.3 Å². The van der Waals surface area contributed by atoms with Crippen molar-refractivity contribution in [1.82, 2.24) is 20.0 Å². The number of benzene rings is 1. The summed E-state index contributed by atoms with van der Waals surface area (Å²) in [4.78, 5) is 14.9. The van der Waals surface area contributed by atoms with Crippen LogP contribution in [0.2, 0.25) is 0 Å². The zero-order chi connectivity index (χ0) is 17.1. The lowest BCUT2D eigenvalue weighted by Crippen LogP contribution is -2.42. The van der Waals surface area contributed by atoms with Crippen molar-refractivity contribution in [1.29, 1.82) is 0 Å². The predicted molar refractivity (Wildman–Crippen MR) is 103 cm³/mol. The minimum Gasteiger partial charge on any atom is -0.338 e. The monoisotopic (exact) mass is 362 g/mol. The highest BCUT2D eigenvalue weighted by Crippen LogP contribution is 2.22. The van der Waals surface area contributed by atoms with Crippen LogP contribution in [0.15, 0.2) is 30.5 Å². The third-order valence-corrected chi connectivity index (χ3v) is 4.88. The van der Waals surface area contributed by atoms with Crippen molar-refractivity contribution < 1.29 is 4.79 Å². The molecule has 2 aromatic rings. The van der Waals surface area contributed by atoms with Gasteiger partial charge < -0.3 is 10.2 Å². The molecule has 1 unspecified atom stereocenters. The van der Waals surface area contributed by atoms with Crippen LogP contribution in [0.4, 0.5) is 0 Å². The largest absolute Gasteiger partial charge is 0.338 e. The molecule has 2 heterocycles. The molecule has 1 amide bonds. The number of rotatable bonds is 4. The van der Waals surface area contributed by atoms with Gasteiger partial charge in [0.15, 0.2) is 0 Å². The second-order valence-corrected chi connectivity index (χ2v) is 6.66. The van der Waals surface area contributed by atoms with Gasteiger partial charge in [-0.15, -0.1) is 12.4 Å². The average Bonchev–Trinajstić information content (AvgIpc) is 2.97. The summed E-state index contributed by atoms with van der Waals surface area (Å²) < 4.78 is 1.87. The van der Waals surface area contributed by atoms with Gasteiger partial charge >= 0.3 is 0 Å². The van der Waals surface area contributed by atoms with Crippen LogP contribution in [0.1, 0.15) is 34.5 Å². The number of carbonyl (C=O) groups excluding carboxylic acids is 1. The number of likely N-dealkylation sites (tertiary alicyclic amines) is 1. The molecule has 1 atom stereocenters. The second kappa shape index (κ2) is 8.50. The molecule has 0 saturated carbocycles. The summed E-state index contributed by atoms with van der Waals surface area (Å²) in [5.74, 6) is 0.646. The maximum Gasteiger partial charge on any atom is 0.257 e. The minimum absolute atomic E-state index is 0. The molecule has 3 rings (SSSR count). The van der Waals surface area contributed by atoms with Crippen LogP contribution in [-0.4, -0.2) is 47.3 Å². The van der Waals surface area contributed by atoms with Gasteiger partial charge in [0.1, 0.15) is 0 Å². The van der Waals surface area contributed by atoms with Crippen LogP contribution in [0.25, 0.3) is 5.69 Å². The molecule has 5 nitrogen and oxygen atoms in total. The van der Waals surface area contributed by atoms with Crippen molar-refractivity contribution in [2.75, 3.05) is 26.7 Å². The minimum atomic E-state index is 0. The number of nitrogens with one attached hydrogen (secondary N) is 1. The van der Waals surface area contributed by atoms with Crippen LogP contribution in [0.5, 0.6) is 0 Å².